The molecule has 1 atom stereocenters. The summed E-state index contributed by atoms with van der Waals surface area (Å²) in [6.07, 6.45) is 0. The maximum absolute atomic E-state index is 9.69. The number of rotatable bonds is 4. The monoisotopic (exact) mass is 428 g/mol. The van der Waals surface area contributed by atoms with Crippen molar-refractivity contribution in [3.8, 4) is 11.9 Å². The molecule has 142 valence electrons. The molecule has 4 rings (SSSR count). The van der Waals surface area contributed by atoms with Crippen molar-refractivity contribution in [3.63, 3.8) is 0 Å². The lowest BCUT2D eigenvalue weighted by Crippen LogP contribution is -2.20. The van der Waals surface area contributed by atoms with Gasteiger partial charge in [-0.15, -0.1) is 28.2 Å². The number of hydrogen-bond acceptors (Lipinski definition) is 6. The Bertz CT molecular complexity index is 1110. The second-order valence-electron chi connectivity index (χ2n) is 6.47. The van der Waals surface area contributed by atoms with Gasteiger partial charge >= 0.3 is 0 Å². The molecule has 1 aliphatic heterocycles. The zero-order chi connectivity index (χ0) is 19.8. The third-order valence-corrected chi connectivity index (χ3v) is 7.13. The van der Waals surface area contributed by atoms with E-state index in [0.717, 1.165) is 31.8 Å². The van der Waals surface area contributed by atoms with Gasteiger partial charge in [0.05, 0.1) is 11.5 Å². The van der Waals surface area contributed by atoms with Gasteiger partial charge in [0.2, 0.25) is 11.8 Å². The molecular formula is C20H17ClN4OS2. The predicted molar refractivity (Wildman–Crippen MR) is 113 cm³/mol. The Hall–Kier alpha value is -2.40. The minimum absolute atomic E-state index is 0.120. The van der Waals surface area contributed by atoms with Gasteiger partial charge in [0.15, 0.2) is 0 Å². The maximum atomic E-state index is 9.69. The van der Waals surface area contributed by atoms with Crippen LogP contribution in [-0.4, -0.2) is 10.2 Å². The number of nitrogens with zero attached hydrogens (tertiary/aromatic N) is 2. The van der Waals surface area contributed by atoms with E-state index in [-0.39, 0.29) is 11.8 Å². The summed E-state index contributed by atoms with van der Waals surface area (Å²) in [6, 6.07) is 12.2. The second kappa shape index (κ2) is 7.55. The third kappa shape index (κ3) is 3.39. The van der Waals surface area contributed by atoms with E-state index in [9.17, 15) is 5.26 Å². The molecule has 0 amide bonds. The Morgan fingerprint density at radius 1 is 1.36 bits per heavy atom. The quantitative estimate of drug-likeness (QED) is 0.554. The van der Waals surface area contributed by atoms with Crippen LogP contribution in [0.25, 0.3) is 0 Å². The van der Waals surface area contributed by atoms with Crippen molar-refractivity contribution in [2.24, 2.45) is 5.73 Å². The van der Waals surface area contributed by atoms with E-state index in [1.807, 2.05) is 31.2 Å². The van der Waals surface area contributed by atoms with Crippen LogP contribution in [0.5, 0.6) is 5.88 Å². The van der Waals surface area contributed by atoms with E-state index < -0.39 is 0 Å². The standard InChI is InChI=1S/C20H17ClN4OS2/c1-10-17-18(15(8-22)19(23)26-20(17)25-24-10)16-7-12(11(2)28-16)9-27-14-5-3-13(21)4-6-14/h3-7,18H,9,23H2,1-2H3,(H,24,25)/t18-/m1/s1. The molecule has 3 heterocycles. The van der Waals surface area contributed by atoms with E-state index in [0.29, 0.717) is 11.5 Å². The average molecular weight is 429 g/mol. The summed E-state index contributed by atoms with van der Waals surface area (Å²) in [4.78, 5) is 3.46. The van der Waals surface area contributed by atoms with Crippen LogP contribution < -0.4 is 10.5 Å². The highest BCUT2D eigenvalue weighted by atomic mass is 35.5. The number of allylic oxidation sites excluding steroid dienone is 1. The molecule has 0 aliphatic carbocycles. The van der Waals surface area contributed by atoms with Gasteiger partial charge in [0, 0.05) is 31.1 Å². The van der Waals surface area contributed by atoms with E-state index in [2.05, 4.69) is 29.3 Å². The summed E-state index contributed by atoms with van der Waals surface area (Å²) < 4.78 is 5.54. The smallest absolute Gasteiger partial charge is 0.244 e. The Labute approximate surface area is 176 Å². The Morgan fingerprint density at radius 2 is 2.11 bits per heavy atom. The molecule has 0 radical (unpaired) electrons. The van der Waals surface area contributed by atoms with Crippen molar-refractivity contribution in [1.29, 1.82) is 5.26 Å². The molecule has 1 aromatic carbocycles. The number of aromatic amines is 1. The number of nitrogens with one attached hydrogen (secondary N) is 1. The number of nitrogens with two attached hydrogens (primary N) is 1. The lowest BCUT2D eigenvalue weighted by molar-refractivity contribution is 0.379. The van der Waals surface area contributed by atoms with E-state index in [1.165, 1.54) is 10.4 Å². The number of aromatic nitrogens is 2. The minimum atomic E-state index is -0.259. The van der Waals surface area contributed by atoms with Crippen LogP contribution in [0.1, 0.15) is 32.5 Å². The molecule has 28 heavy (non-hydrogen) atoms. The van der Waals surface area contributed by atoms with Crippen LogP contribution in [0.2, 0.25) is 5.02 Å². The molecule has 0 saturated heterocycles. The number of hydrogen-bond donors (Lipinski definition) is 2. The van der Waals surface area contributed by atoms with Crippen molar-refractivity contribution in [2.45, 2.75) is 30.4 Å². The number of halogens is 1. The number of thiophene rings is 1. The first-order chi connectivity index (χ1) is 13.5. The van der Waals surface area contributed by atoms with Gasteiger partial charge in [0.1, 0.15) is 11.6 Å². The van der Waals surface area contributed by atoms with Gasteiger partial charge in [-0.1, -0.05) is 11.6 Å². The van der Waals surface area contributed by atoms with E-state index >= 15 is 0 Å². The molecule has 2 aromatic heterocycles. The minimum Gasteiger partial charge on any atom is -0.420 e. The van der Waals surface area contributed by atoms with Gasteiger partial charge in [-0.25, -0.2) is 0 Å². The molecule has 1 aliphatic rings. The fraction of sp³-hybridized carbons (Fsp3) is 0.200. The summed E-state index contributed by atoms with van der Waals surface area (Å²) in [5.41, 5.74) is 9.43. The van der Waals surface area contributed by atoms with Crippen molar-refractivity contribution in [1.82, 2.24) is 10.2 Å². The number of ether oxygens (including phenoxy) is 1. The highest BCUT2D eigenvalue weighted by molar-refractivity contribution is 7.98. The third-order valence-electron chi connectivity index (χ3n) is 4.66. The summed E-state index contributed by atoms with van der Waals surface area (Å²) >= 11 is 9.40. The van der Waals surface area contributed by atoms with Crippen LogP contribution in [0, 0.1) is 25.2 Å². The van der Waals surface area contributed by atoms with Crippen LogP contribution >= 0.6 is 34.7 Å². The zero-order valence-corrected chi connectivity index (χ0v) is 17.6. The van der Waals surface area contributed by atoms with Crippen molar-refractivity contribution in [2.75, 3.05) is 0 Å². The SMILES string of the molecule is Cc1[nH]nc2c1[C@@H](c1cc(CSc3ccc(Cl)cc3)c(C)s1)C(C#N)=C(N)O2. The van der Waals surface area contributed by atoms with Crippen molar-refractivity contribution >= 4 is 34.7 Å². The molecule has 0 spiro atoms. The number of benzene rings is 1. The fourth-order valence-corrected chi connectivity index (χ4v) is 5.54. The van der Waals surface area contributed by atoms with Crippen LogP contribution in [0.3, 0.4) is 0 Å². The largest absolute Gasteiger partial charge is 0.420 e. The number of nitriles is 1. The normalized spacial score (nSPS) is 15.9. The molecule has 0 unspecified atom stereocenters. The van der Waals surface area contributed by atoms with Gasteiger partial charge in [0.25, 0.3) is 0 Å². The molecule has 8 heteroatoms. The van der Waals surface area contributed by atoms with Gasteiger partial charge in [-0.05, 0) is 49.7 Å². The van der Waals surface area contributed by atoms with Gasteiger partial charge < -0.3 is 10.5 Å². The number of H-pyrrole nitrogens is 1. The Morgan fingerprint density at radius 3 is 2.82 bits per heavy atom. The summed E-state index contributed by atoms with van der Waals surface area (Å²) in [5, 5.41) is 17.5. The first-order valence-electron chi connectivity index (χ1n) is 8.58. The summed E-state index contributed by atoms with van der Waals surface area (Å²) in [5.74, 6) is 1.15. The zero-order valence-electron chi connectivity index (χ0n) is 15.2. The summed E-state index contributed by atoms with van der Waals surface area (Å²) in [6.45, 7) is 4.03. The van der Waals surface area contributed by atoms with E-state index in [4.69, 9.17) is 22.1 Å². The molecule has 5 nitrogen and oxygen atoms in total. The van der Waals surface area contributed by atoms with Crippen LogP contribution in [0.4, 0.5) is 0 Å². The lowest BCUT2D eigenvalue weighted by atomic mass is 9.88. The topological polar surface area (TPSA) is 87.7 Å². The molecule has 3 aromatic rings. The maximum Gasteiger partial charge on any atom is 0.244 e. The highest BCUT2D eigenvalue weighted by Crippen LogP contribution is 2.45. The average Bonchev–Trinajstić information content (AvgIpc) is 3.23. The second-order valence-corrected chi connectivity index (χ2v) is 9.24. The van der Waals surface area contributed by atoms with Gasteiger partial charge in [-0.3, -0.25) is 5.10 Å². The lowest BCUT2D eigenvalue weighted by Gasteiger charge is -2.22. The fourth-order valence-electron chi connectivity index (χ4n) is 3.21. The van der Waals surface area contributed by atoms with Gasteiger partial charge in [-0.2, -0.15) is 5.26 Å². The Balaban J connectivity index is 1.66. The first kappa shape index (κ1) is 18.9. The van der Waals surface area contributed by atoms with Crippen molar-refractivity contribution < 1.29 is 4.74 Å². The first-order valence-corrected chi connectivity index (χ1v) is 10.8. The predicted octanol–water partition coefficient (Wildman–Crippen LogP) is 5.25. The number of thioether (sulfide) groups is 1. The van der Waals surface area contributed by atoms with Crippen molar-refractivity contribution in [3.05, 3.63) is 73.4 Å². The highest BCUT2D eigenvalue weighted by Gasteiger charge is 2.35. The molecule has 0 saturated carbocycles. The Kier molecular flexibility index (Phi) is 5.11. The van der Waals surface area contributed by atoms with E-state index in [1.54, 1.807) is 23.1 Å². The molecule has 3 N–H and O–H groups in total. The number of aryl methyl sites for hydroxylation is 2. The summed E-state index contributed by atoms with van der Waals surface area (Å²) in [7, 11) is 0. The van der Waals surface area contributed by atoms with Crippen LogP contribution in [0.15, 0.2) is 46.7 Å². The molecule has 0 fully saturated rings. The molecular weight excluding hydrogens is 412 g/mol. The number of fused-ring (bicyclic) bond motifs is 1. The van der Waals surface area contributed by atoms with Crippen LogP contribution in [-0.2, 0) is 5.75 Å². The molecule has 0 bridgehead atoms.